The van der Waals surface area contributed by atoms with E-state index < -0.39 is 11.5 Å². The molecule has 0 spiro atoms. The predicted molar refractivity (Wildman–Crippen MR) is 97.1 cm³/mol. The van der Waals surface area contributed by atoms with Crippen molar-refractivity contribution in [1.29, 1.82) is 0 Å². The van der Waals surface area contributed by atoms with Crippen LogP contribution in [0.5, 0.6) is 0 Å². The molecule has 0 unspecified atom stereocenters. The average molecular weight is 349 g/mol. The number of hydrogen-bond acceptors (Lipinski definition) is 4. The normalized spacial score (nSPS) is 25.2. The van der Waals surface area contributed by atoms with Crippen molar-refractivity contribution < 1.29 is 10.2 Å². The van der Waals surface area contributed by atoms with Crippen molar-refractivity contribution in [2.45, 2.75) is 38.8 Å². The molecule has 2 aromatic rings. The van der Waals surface area contributed by atoms with Crippen molar-refractivity contribution >= 4 is 22.5 Å². The molecular formula is C19H25ClN2O2. The monoisotopic (exact) mass is 348 g/mol. The number of aliphatic hydroxyl groups is 2. The van der Waals surface area contributed by atoms with Crippen molar-refractivity contribution in [1.82, 2.24) is 9.88 Å². The van der Waals surface area contributed by atoms with Crippen molar-refractivity contribution in [2.75, 3.05) is 19.7 Å². The second-order valence-corrected chi connectivity index (χ2v) is 7.36. The van der Waals surface area contributed by atoms with Crippen LogP contribution in [-0.2, 0) is 6.54 Å². The Bertz CT molecular complexity index is 709. The maximum Gasteiger partial charge on any atom is 0.0706 e. The highest BCUT2D eigenvalue weighted by molar-refractivity contribution is 6.31. The smallest absolute Gasteiger partial charge is 0.0706 e. The fraction of sp³-hybridized carbons (Fsp3) is 0.526. The molecule has 0 saturated carbocycles. The summed E-state index contributed by atoms with van der Waals surface area (Å²) in [7, 11) is 0. The van der Waals surface area contributed by atoms with Gasteiger partial charge in [0, 0.05) is 35.5 Å². The molecule has 1 aromatic heterocycles. The van der Waals surface area contributed by atoms with Gasteiger partial charge in [-0.2, -0.15) is 0 Å². The number of benzene rings is 1. The molecule has 2 atom stereocenters. The van der Waals surface area contributed by atoms with Gasteiger partial charge in [0.1, 0.15) is 0 Å². The van der Waals surface area contributed by atoms with Crippen LogP contribution >= 0.6 is 11.6 Å². The third-order valence-electron chi connectivity index (χ3n) is 5.12. The first-order valence-corrected chi connectivity index (χ1v) is 9.00. The molecule has 130 valence electrons. The number of hydrogen-bond donors (Lipinski definition) is 2. The van der Waals surface area contributed by atoms with Gasteiger partial charge in [-0.05, 0) is 37.1 Å². The zero-order valence-electron chi connectivity index (χ0n) is 14.1. The number of piperidine rings is 1. The van der Waals surface area contributed by atoms with E-state index in [-0.39, 0.29) is 6.61 Å². The van der Waals surface area contributed by atoms with Crippen molar-refractivity contribution in [3.8, 4) is 0 Å². The fourth-order valence-electron chi connectivity index (χ4n) is 3.81. The Hall–Kier alpha value is -1.20. The van der Waals surface area contributed by atoms with Crippen LogP contribution in [0.2, 0.25) is 5.02 Å². The molecule has 24 heavy (non-hydrogen) atoms. The summed E-state index contributed by atoms with van der Waals surface area (Å²) in [4.78, 5) is 7.02. The second kappa shape index (κ2) is 7.36. The Morgan fingerprint density at radius 3 is 2.92 bits per heavy atom. The van der Waals surface area contributed by atoms with Gasteiger partial charge in [0.25, 0.3) is 0 Å². The summed E-state index contributed by atoms with van der Waals surface area (Å²) < 4.78 is 0. The van der Waals surface area contributed by atoms with Gasteiger partial charge in [-0.1, -0.05) is 31.0 Å². The molecule has 2 heterocycles. The SMILES string of the molecule is CCC[C@@]1(CO)CN(Cc2ccc3cc(Cl)ccc3n2)CC[C@H]1O. The Balaban J connectivity index is 1.77. The number of aromatic nitrogens is 1. The molecule has 1 aromatic carbocycles. The average Bonchev–Trinajstić information content (AvgIpc) is 2.58. The number of aliphatic hydroxyl groups excluding tert-OH is 2. The highest BCUT2D eigenvalue weighted by Crippen LogP contribution is 2.35. The molecular weight excluding hydrogens is 324 g/mol. The topological polar surface area (TPSA) is 56.6 Å². The number of pyridine rings is 1. The molecule has 3 rings (SSSR count). The number of rotatable bonds is 5. The Labute approximate surface area is 148 Å². The van der Waals surface area contributed by atoms with Gasteiger partial charge < -0.3 is 10.2 Å². The zero-order valence-corrected chi connectivity index (χ0v) is 14.8. The van der Waals surface area contributed by atoms with Crippen molar-refractivity contribution in [3.63, 3.8) is 0 Å². The molecule has 1 fully saturated rings. The number of halogens is 1. The molecule has 2 N–H and O–H groups in total. The van der Waals surface area contributed by atoms with Crippen LogP contribution in [0.1, 0.15) is 31.9 Å². The number of likely N-dealkylation sites (tertiary alicyclic amines) is 1. The van der Waals surface area contributed by atoms with E-state index in [0.717, 1.165) is 47.6 Å². The highest BCUT2D eigenvalue weighted by atomic mass is 35.5. The summed E-state index contributed by atoms with van der Waals surface area (Å²) in [5.74, 6) is 0. The third kappa shape index (κ3) is 3.57. The summed E-state index contributed by atoms with van der Waals surface area (Å²) >= 11 is 6.02. The summed E-state index contributed by atoms with van der Waals surface area (Å²) in [6.45, 7) is 4.39. The standard InChI is InChI=1S/C19H25ClN2O2/c1-2-8-19(13-23)12-22(9-7-18(19)24)11-16-5-3-14-10-15(20)4-6-17(14)21-16/h3-6,10,18,23-24H,2,7-9,11-13H2,1H3/t18-,19+/m1/s1. The van der Waals surface area contributed by atoms with E-state index >= 15 is 0 Å². The summed E-state index contributed by atoms with van der Waals surface area (Å²) in [6.07, 6.45) is 2.07. The molecule has 5 heteroatoms. The number of nitrogens with zero attached hydrogens (tertiary/aromatic N) is 2. The van der Waals surface area contributed by atoms with E-state index in [0.29, 0.717) is 13.0 Å². The van der Waals surface area contributed by atoms with Crippen LogP contribution in [-0.4, -0.2) is 45.9 Å². The number of fused-ring (bicyclic) bond motifs is 1. The highest BCUT2D eigenvalue weighted by Gasteiger charge is 2.41. The van der Waals surface area contributed by atoms with E-state index in [2.05, 4.69) is 11.8 Å². The van der Waals surface area contributed by atoms with Crippen LogP contribution in [0.4, 0.5) is 0 Å². The van der Waals surface area contributed by atoms with Crippen molar-refractivity contribution in [3.05, 3.63) is 41.0 Å². The van der Waals surface area contributed by atoms with Crippen LogP contribution < -0.4 is 0 Å². The van der Waals surface area contributed by atoms with Crippen molar-refractivity contribution in [2.24, 2.45) is 5.41 Å². The van der Waals surface area contributed by atoms with Crippen LogP contribution in [0, 0.1) is 5.41 Å². The van der Waals surface area contributed by atoms with E-state index in [1.54, 1.807) is 0 Å². The van der Waals surface area contributed by atoms with Gasteiger partial charge in [0.2, 0.25) is 0 Å². The van der Waals surface area contributed by atoms with Gasteiger partial charge in [-0.3, -0.25) is 9.88 Å². The first-order chi connectivity index (χ1) is 11.6. The Morgan fingerprint density at radius 2 is 2.17 bits per heavy atom. The maximum atomic E-state index is 10.4. The molecule has 1 aliphatic heterocycles. The Morgan fingerprint density at radius 1 is 1.33 bits per heavy atom. The van der Waals surface area contributed by atoms with Crippen LogP contribution in [0.3, 0.4) is 0 Å². The molecule has 0 bridgehead atoms. The molecule has 0 radical (unpaired) electrons. The summed E-state index contributed by atoms with van der Waals surface area (Å²) in [6, 6.07) is 9.80. The van der Waals surface area contributed by atoms with Gasteiger partial charge >= 0.3 is 0 Å². The first-order valence-electron chi connectivity index (χ1n) is 8.63. The summed E-state index contributed by atoms with van der Waals surface area (Å²) in [5, 5.41) is 22.0. The second-order valence-electron chi connectivity index (χ2n) is 6.93. The quantitative estimate of drug-likeness (QED) is 0.871. The largest absolute Gasteiger partial charge is 0.396 e. The van der Waals surface area contributed by atoms with Gasteiger partial charge in [-0.15, -0.1) is 0 Å². The molecule has 4 nitrogen and oxygen atoms in total. The van der Waals surface area contributed by atoms with Crippen LogP contribution in [0.15, 0.2) is 30.3 Å². The maximum absolute atomic E-state index is 10.4. The lowest BCUT2D eigenvalue weighted by molar-refractivity contribution is -0.0821. The zero-order chi connectivity index (χ0) is 17.2. The molecule has 1 saturated heterocycles. The van der Waals surface area contributed by atoms with E-state index in [1.807, 2.05) is 30.3 Å². The lowest BCUT2D eigenvalue weighted by Crippen LogP contribution is -2.53. The minimum atomic E-state index is -0.426. The molecule has 0 aliphatic carbocycles. The fourth-order valence-corrected chi connectivity index (χ4v) is 3.99. The van der Waals surface area contributed by atoms with E-state index in [1.165, 1.54) is 0 Å². The minimum absolute atomic E-state index is 0.0299. The molecule has 1 aliphatic rings. The lowest BCUT2D eigenvalue weighted by atomic mass is 9.74. The van der Waals surface area contributed by atoms with Crippen LogP contribution in [0.25, 0.3) is 10.9 Å². The third-order valence-corrected chi connectivity index (χ3v) is 5.36. The van der Waals surface area contributed by atoms with Gasteiger partial charge in [0.05, 0.1) is 23.9 Å². The van der Waals surface area contributed by atoms with Gasteiger partial charge in [0.15, 0.2) is 0 Å². The predicted octanol–water partition coefficient (Wildman–Crippen LogP) is 3.23. The van der Waals surface area contributed by atoms with Gasteiger partial charge in [-0.25, -0.2) is 0 Å². The Kier molecular flexibility index (Phi) is 5.40. The molecule has 0 amide bonds. The first kappa shape index (κ1) is 17.6. The van der Waals surface area contributed by atoms with E-state index in [9.17, 15) is 10.2 Å². The minimum Gasteiger partial charge on any atom is -0.396 e. The van der Waals surface area contributed by atoms with E-state index in [4.69, 9.17) is 16.6 Å². The summed E-state index contributed by atoms with van der Waals surface area (Å²) in [5.41, 5.74) is 1.54. The lowest BCUT2D eigenvalue weighted by Gasteiger charge is -2.45.